The Labute approximate surface area is 159 Å². The van der Waals surface area contributed by atoms with Gasteiger partial charge in [-0.15, -0.1) is 0 Å². The Hall–Kier alpha value is -1.89. The normalized spacial score (nSPS) is 17.0. The van der Waals surface area contributed by atoms with Crippen molar-refractivity contribution < 1.29 is 9.59 Å². The highest BCUT2D eigenvalue weighted by atomic mass is 79.9. The molecule has 2 aromatic carbocycles. The van der Waals surface area contributed by atoms with E-state index in [0.29, 0.717) is 23.7 Å². The summed E-state index contributed by atoms with van der Waals surface area (Å²) in [7, 11) is 0. The number of hydrogen-bond acceptors (Lipinski definition) is 3. The van der Waals surface area contributed by atoms with E-state index in [4.69, 9.17) is 17.3 Å². The van der Waals surface area contributed by atoms with Crippen molar-refractivity contribution in [3.63, 3.8) is 0 Å². The average molecular weight is 423 g/mol. The number of amides is 2. The molecule has 1 aliphatic rings. The second kappa shape index (κ2) is 7.56. The molecule has 5 nitrogen and oxygen atoms in total. The lowest BCUT2D eigenvalue weighted by atomic mass is 9.93. The summed E-state index contributed by atoms with van der Waals surface area (Å²) in [6.45, 7) is 0.569. The van der Waals surface area contributed by atoms with Gasteiger partial charge in [0.05, 0.1) is 23.3 Å². The monoisotopic (exact) mass is 421 g/mol. The van der Waals surface area contributed by atoms with E-state index in [9.17, 15) is 9.59 Å². The first-order chi connectivity index (χ1) is 11.9. The van der Waals surface area contributed by atoms with Crippen molar-refractivity contribution in [2.45, 2.75) is 19.0 Å². The molecule has 3 rings (SSSR count). The summed E-state index contributed by atoms with van der Waals surface area (Å²) in [6.07, 6.45) is 0.512. The topological polar surface area (TPSA) is 75.4 Å². The largest absolute Gasteiger partial charge is 0.368 e. The first kappa shape index (κ1) is 17.9. The number of fused-ring (bicyclic) bond motifs is 1. The third-order valence-electron chi connectivity index (χ3n) is 4.23. The third kappa shape index (κ3) is 4.21. The molecule has 2 amide bonds. The van der Waals surface area contributed by atoms with Crippen LogP contribution in [0.25, 0.3) is 0 Å². The Morgan fingerprint density at radius 1 is 1.24 bits per heavy atom. The number of rotatable bonds is 4. The van der Waals surface area contributed by atoms with Gasteiger partial charge in [-0.25, -0.2) is 0 Å². The van der Waals surface area contributed by atoms with E-state index in [1.54, 1.807) is 23.1 Å². The fourth-order valence-electron chi connectivity index (χ4n) is 2.99. The number of carbonyl (C=O) groups excluding carboxylic acids is 2. The maximum absolute atomic E-state index is 12.4. The fourth-order valence-corrected chi connectivity index (χ4v) is 3.71. The van der Waals surface area contributed by atoms with Gasteiger partial charge in [0.25, 0.3) is 0 Å². The van der Waals surface area contributed by atoms with Gasteiger partial charge in [-0.3, -0.25) is 14.5 Å². The summed E-state index contributed by atoms with van der Waals surface area (Å²) in [4.78, 5) is 26.0. The van der Waals surface area contributed by atoms with E-state index >= 15 is 0 Å². The smallest absolute Gasteiger partial charge is 0.238 e. The molecule has 0 aromatic heterocycles. The van der Waals surface area contributed by atoms with Crippen LogP contribution in [0, 0.1) is 0 Å². The number of carbonyl (C=O) groups is 2. The zero-order valence-electron chi connectivity index (χ0n) is 13.3. The molecule has 130 valence electrons. The highest BCUT2D eigenvalue weighted by Crippen LogP contribution is 2.26. The molecule has 0 radical (unpaired) electrons. The number of halogens is 2. The van der Waals surface area contributed by atoms with Gasteiger partial charge >= 0.3 is 0 Å². The number of nitrogens with two attached hydrogens (primary N) is 1. The minimum Gasteiger partial charge on any atom is -0.368 e. The van der Waals surface area contributed by atoms with Crippen molar-refractivity contribution in [1.29, 1.82) is 0 Å². The maximum Gasteiger partial charge on any atom is 0.238 e. The standard InChI is InChI=1S/C18H17BrClN3O2/c19-13-5-6-15(14(20)8-13)22-17(24)10-23-9-12-4-2-1-3-11(12)7-16(23)18(21)25/h1-6,8,16H,7,9-10H2,(H2,21,25)(H,22,24)/t16-/m0/s1. The van der Waals surface area contributed by atoms with Gasteiger partial charge in [0, 0.05) is 11.0 Å². The molecule has 25 heavy (non-hydrogen) atoms. The lowest BCUT2D eigenvalue weighted by Gasteiger charge is -2.34. The second-order valence-corrected chi connectivity index (χ2v) is 7.29. The van der Waals surface area contributed by atoms with Gasteiger partial charge in [0.1, 0.15) is 0 Å². The summed E-state index contributed by atoms with van der Waals surface area (Å²) in [5.74, 6) is -0.668. The van der Waals surface area contributed by atoms with Crippen LogP contribution in [0.4, 0.5) is 5.69 Å². The van der Waals surface area contributed by atoms with E-state index in [2.05, 4.69) is 21.2 Å². The number of benzene rings is 2. The summed E-state index contributed by atoms with van der Waals surface area (Å²) in [6, 6.07) is 12.6. The quantitative estimate of drug-likeness (QED) is 0.795. The van der Waals surface area contributed by atoms with Crippen molar-refractivity contribution in [3.8, 4) is 0 Å². The van der Waals surface area contributed by atoms with Crippen LogP contribution < -0.4 is 11.1 Å². The first-order valence-corrected chi connectivity index (χ1v) is 8.96. The van der Waals surface area contributed by atoms with Crippen LogP contribution >= 0.6 is 27.5 Å². The Balaban J connectivity index is 1.74. The van der Waals surface area contributed by atoms with Crippen LogP contribution in [0.1, 0.15) is 11.1 Å². The molecule has 3 N–H and O–H groups in total. The Bertz CT molecular complexity index is 828. The minimum atomic E-state index is -0.499. The van der Waals surface area contributed by atoms with Gasteiger partial charge < -0.3 is 11.1 Å². The van der Waals surface area contributed by atoms with E-state index in [-0.39, 0.29) is 12.5 Å². The number of nitrogens with zero attached hydrogens (tertiary/aromatic N) is 1. The van der Waals surface area contributed by atoms with Crippen LogP contribution in [-0.4, -0.2) is 29.3 Å². The molecule has 0 aliphatic carbocycles. The van der Waals surface area contributed by atoms with Gasteiger partial charge in [-0.2, -0.15) is 0 Å². The number of anilines is 1. The molecule has 0 saturated heterocycles. The number of hydrogen-bond donors (Lipinski definition) is 2. The minimum absolute atomic E-state index is 0.0638. The van der Waals surface area contributed by atoms with Crippen LogP contribution in [0.5, 0.6) is 0 Å². The van der Waals surface area contributed by atoms with Gasteiger partial charge in [-0.05, 0) is 35.7 Å². The van der Waals surface area contributed by atoms with E-state index in [1.807, 2.05) is 24.3 Å². The summed E-state index contributed by atoms with van der Waals surface area (Å²) in [5, 5.41) is 3.23. The first-order valence-electron chi connectivity index (χ1n) is 7.79. The zero-order chi connectivity index (χ0) is 18.0. The Morgan fingerprint density at radius 2 is 1.96 bits per heavy atom. The molecule has 1 atom stereocenters. The molecule has 2 aromatic rings. The predicted octanol–water partition coefficient (Wildman–Crippen LogP) is 2.95. The van der Waals surface area contributed by atoms with E-state index in [0.717, 1.165) is 15.6 Å². The molecule has 7 heteroatoms. The highest BCUT2D eigenvalue weighted by Gasteiger charge is 2.31. The predicted molar refractivity (Wildman–Crippen MR) is 101 cm³/mol. The Morgan fingerprint density at radius 3 is 2.64 bits per heavy atom. The van der Waals surface area contributed by atoms with Crippen molar-refractivity contribution in [3.05, 3.63) is 63.1 Å². The van der Waals surface area contributed by atoms with Crippen molar-refractivity contribution >= 4 is 45.0 Å². The van der Waals surface area contributed by atoms with Crippen LogP contribution in [0.15, 0.2) is 46.9 Å². The summed E-state index contributed by atoms with van der Waals surface area (Å²) in [5.41, 5.74) is 8.28. The molecule has 0 bridgehead atoms. The van der Waals surface area contributed by atoms with Crippen LogP contribution in [0.2, 0.25) is 5.02 Å². The summed E-state index contributed by atoms with van der Waals surface area (Å²) < 4.78 is 0.830. The molecular formula is C18H17BrClN3O2. The van der Waals surface area contributed by atoms with Crippen molar-refractivity contribution in [1.82, 2.24) is 4.90 Å². The molecule has 1 aliphatic heterocycles. The third-order valence-corrected chi connectivity index (χ3v) is 5.03. The summed E-state index contributed by atoms with van der Waals surface area (Å²) >= 11 is 9.45. The SMILES string of the molecule is NC(=O)[C@@H]1Cc2ccccc2CN1CC(=O)Nc1ccc(Br)cc1Cl. The van der Waals surface area contributed by atoms with Gasteiger partial charge in [0.2, 0.25) is 11.8 Å². The highest BCUT2D eigenvalue weighted by molar-refractivity contribution is 9.10. The molecule has 0 unspecified atom stereocenters. The molecule has 0 spiro atoms. The second-order valence-electron chi connectivity index (χ2n) is 5.97. The average Bonchev–Trinajstić information content (AvgIpc) is 2.56. The number of primary amides is 1. The van der Waals surface area contributed by atoms with Gasteiger partial charge in [0.15, 0.2) is 0 Å². The molecule has 0 fully saturated rings. The van der Waals surface area contributed by atoms with Crippen molar-refractivity contribution in [2.24, 2.45) is 5.73 Å². The molecule has 1 heterocycles. The van der Waals surface area contributed by atoms with Crippen LogP contribution in [-0.2, 0) is 22.6 Å². The molecule has 0 saturated carbocycles. The fraction of sp³-hybridized carbons (Fsp3) is 0.222. The van der Waals surface area contributed by atoms with E-state index in [1.165, 1.54) is 0 Å². The number of nitrogens with one attached hydrogen (secondary N) is 1. The van der Waals surface area contributed by atoms with Gasteiger partial charge in [-0.1, -0.05) is 51.8 Å². The van der Waals surface area contributed by atoms with Crippen LogP contribution in [0.3, 0.4) is 0 Å². The lowest BCUT2D eigenvalue weighted by molar-refractivity contribution is -0.125. The van der Waals surface area contributed by atoms with Crippen molar-refractivity contribution in [2.75, 3.05) is 11.9 Å². The zero-order valence-corrected chi connectivity index (χ0v) is 15.7. The Kier molecular flexibility index (Phi) is 5.42. The maximum atomic E-state index is 12.4. The lowest BCUT2D eigenvalue weighted by Crippen LogP contribution is -2.50. The van der Waals surface area contributed by atoms with E-state index < -0.39 is 11.9 Å². The molecular weight excluding hydrogens is 406 g/mol.